The minimum atomic E-state index is -0.535. The molecule has 0 aliphatic heterocycles. The molecule has 0 saturated carbocycles. The highest BCUT2D eigenvalue weighted by Crippen LogP contribution is 2.31. The lowest BCUT2D eigenvalue weighted by Crippen LogP contribution is -2.07. The fourth-order valence-electron chi connectivity index (χ4n) is 2.70. The van der Waals surface area contributed by atoms with Crippen molar-refractivity contribution in [1.29, 1.82) is 0 Å². The molecule has 0 radical (unpaired) electrons. The molecule has 0 aliphatic carbocycles. The standard InChI is InChI=1S/C20H19N5O5/c1-12-17(25(27)28)18(22-15-5-4-6-16(11-15)29-2)24-20(21-12)23-14-9-7-13(8-10-14)19(26)30-3/h4-11H,1-3H3,(H2,21,22,23,24). The van der Waals surface area contributed by atoms with Gasteiger partial charge in [0.25, 0.3) is 0 Å². The Hall–Kier alpha value is -4.21. The van der Waals surface area contributed by atoms with E-state index in [1.165, 1.54) is 21.1 Å². The number of hydrogen-bond donors (Lipinski definition) is 2. The van der Waals surface area contributed by atoms with Crippen LogP contribution in [0.1, 0.15) is 16.1 Å². The van der Waals surface area contributed by atoms with Crippen LogP contribution in [-0.4, -0.2) is 35.1 Å². The highest BCUT2D eigenvalue weighted by molar-refractivity contribution is 5.89. The number of aryl methyl sites for hydroxylation is 1. The molecule has 30 heavy (non-hydrogen) atoms. The molecule has 0 aliphatic rings. The third kappa shape index (κ3) is 4.61. The molecule has 1 heterocycles. The molecule has 3 rings (SSSR count). The van der Waals surface area contributed by atoms with Gasteiger partial charge in [-0.2, -0.15) is 4.98 Å². The van der Waals surface area contributed by atoms with Gasteiger partial charge >= 0.3 is 11.7 Å². The van der Waals surface area contributed by atoms with Gasteiger partial charge in [-0.1, -0.05) is 6.07 Å². The maximum atomic E-state index is 11.6. The summed E-state index contributed by atoms with van der Waals surface area (Å²) in [5.41, 5.74) is 1.52. The first-order valence-electron chi connectivity index (χ1n) is 8.80. The Balaban J connectivity index is 1.92. The number of esters is 1. The number of anilines is 4. The molecule has 0 amide bonds. The average molecular weight is 409 g/mol. The monoisotopic (exact) mass is 409 g/mol. The Kier molecular flexibility index (Phi) is 6.06. The number of ether oxygens (including phenoxy) is 2. The first-order chi connectivity index (χ1) is 14.4. The summed E-state index contributed by atoms with van der Waals surface area (Å²) in [5.74, 6) is 0.343. The highest BCUT2D eigenvalue weighted by atomic mass is 16.6. The molecule has 10 heteroatoms. The van der Waals surface area contributed by atoms with Crippen LogP contribution in [0, 0.1) is 17.0 Å². The third-order valence-corrected chi connectivity index (χ3v) is 4.14. The van der Waals surface area contributed by atoms with Gasteiger partial charge < -0.3 is 20.1 Å². The Labute approximate surface area is 172 Å². The zero-order valence-corrected chi connectivity index (χ0v) is 16.5. The van der Waals surface area contributed by atoms with E-state index in [4.69, 9.17) is 4.74 Å². The van der Waals surface area contributed by atoms with Crippen LogP contribution < -0.4 is 15.4 Å². The van der Waals surface area contributed by atoms with Gasteiger partial charge in [-0.15, -0.1) is 0 Å². The van der Waals surface area contributed by atoms with Gasteiger partial charge in [0, 0.05) is 17.4 Å². The normalized spacial score (nSPS) is 10.2. The van der Waals surface area contributed by atoms with Crippen LogP contribution in [0.3, 0.4) is 0 Å². The summed E-state index contributed by atoms with van der Waals surface area (Å²) in [4.78, 5) is 31.0. The number of nitrogens with one attached hydrogen (secondary N) is 2. The van der Waals surface area contributed by atoms with E-state index in [0.29, 0.717) is 22.7 Å². The summed E-state index contributed by atoms with van der Waals surface area (Å²) < 4.78 is 9.85. The first kappa shape index (κ1) is 20.5. The molecule has 2 aromatic carbocycles. The third-order valence-electron chi connectivity index (χ3n) is 4.14. The Morgan fingerprint density at radius 1 is 1.03 bits per heavy atom. The van der Waals surface area contributed by atoms with Crippen molar-refractivity contribution in [3.05, 3.63) is 69.9 Å². The van der Waals surface area contributed by atoms with Crippen LogP contribution in [0.4, 0.5) is 28.8 Å². The molecule has 0 unspecified atom stereocenters. The molecule has 0 spiro atoms. The second-order valence-electron chi connectivity index (χ2n) is 6.14. The molecule has 2 N–H and O–H groups in total. The van der Waals surface area contributed by atoms with Crippen molar-refractivity contribution in [3.8, 4) is 5.75 Å². The number of hydrogen-bond acceptors (Lipinski definition) is 9. The quantitative estimate of drug-likeness (QED) is 0.338. The number of carbonyl (C=O) groups is 1. The number of nitrogens with zero attached hydrogens (tertiary/aromatic N) is 3. The Morgan fingerprint density at radius 2 is 1.77 bits per heavy atom. The van der Waals surface area contributed by atoms with Crippen molar-refractivity contribution in [2.24, 2.45) is 0 Å². The summed E-state index contributed by atoms with van der Waals surface area (Å²) in [6.45, 7) is 1.53. The summed E-state index contributed by atoms with van der Waals surface area (Å²) in [6.07, 6.45) is 0. The van der Waals surface area contributed by atoms with E-state index >= 15 is 0 Å². The Bertz CT molecular complexity index is 1090. The highest BCUT2D eigenvalue weighted by Gasteiger charge is 2.22. The molecule has 154 valence electrons. The van der Waals surface area contributed by atoms with Gasteiger partial charge in [0.1, 0.15) is 11.4 Å². The Morgan fingerprint density at radius 3 is 2.40 bits per heavy atom. The van der Waals surface area contributed by atoms with Crippen LogP contribution in [-0.2, 0) is 4.74 Å². The molecule has 0 fully saturated rings. The van der Waals surface area contributed by atoms with Crippen LogP contribution in [0.2, 0.25) is 0 Å². The predicted octanol–water partition coefficient (Wildman–Crippen LogP) is 3.98. The molecule has 0 atom stereocenters. The number of methoxy groups -OCH3 is 2. The van der Waals surface area contributed by atoms with Crippen molar-refractivity contribution in [3.63, 3.8) is 0 Å². The number of aromatic nitrogens is 2. The molecule has 10 nitrogen and oxygen atoms in total. The lowest BCUT2D eigenvalue weighted by molar-refractivity contribution is -0.385. The van der Waals surface area contributed by atoms with Gasteiger partial charge in [0.2, 0.25) is 11.8 Å². The maximum Gasteiger partial charge on any atom is 0.337 e. The fraction of sp³-hybridized carbons (Fsp3) is 0.150. The minimum absolute atomic E-state index is 0.0365. The van der Waals surface area contributed by atoms with Crippen LogP contribution >= 0.6 is 0 Å². The number of benzene rings is 2. The molecule has 3 aromatic rings. The summed E-state index contributed by atoms with van der Waals surface area (Å²) in [5, 5.41) is 17.5. The SMILES string of the molecule is COC(=O)c1ccc(Nc2nc(C)c([N+](=O)[O-])c(Nc3cccc(OC)c3)n2)cc1. The van der Waals surface area contributed by atoms with E-state index in [0.717, 1.165) is 0 Å². The van der Waals surface area contributed by atoms with Crippen molar-refractivity contribution in [2.45, 2.75) is 6.92 Å². The topological polar surface area (TPSA) is 129 Å². The van der Waals surface area contributed by atoms with E-state index in [-0.39, 0.29) is 23.1 Å². The summed E-state index contributed by atoms with van der Waals surface area (Å²) >= 11 is 0. The first-order valence-corrected chi connectivity index (χ1v) is 8.80. The zero-order valence-electron chi connectivity index (χ0n) is 16.5. The van der Waals surface area contributed by atoms with Gasteiger partial charge in [0.05, 0.1) is 24.7 Å². The van der Waals surface area contributed by atoms with Crippen molar-refractivity contribution >= 4 is 34.8 Å². The van der Waals surface area contributed by atoms with Crippen LogP contribution in [0.5, 0.6) is 5.75 Å². The molecular formula is C20H19N5O5. The second-order valence-corrected chi connectivity index (χ2v) is 6.14. The van der Waals surface area contributed by atoms with Gasteiger partial charge in [-0.3, -0.25) is 10.1 Å². The molecular weight excluding hydrogens is 390 g/mol. The number of rotatable bonds is 7. The minimum Gasteiger partial charge on any atom is -0.497 e. The lowest BCUT2D eigenvalue weighted by atomic mass is 10.2. The van der Waals surface area contributed by atoms with E-state index < -0.39 is 10.9 Å². The van der Waals surface area contributed by atoms with Crippen molar-refractivity contribution < 1.29 is 19.2 Å². The fourth-order valence-corrected chi connectivity index (χ4v) is 2.70. The van der Waals surface area contributed by atoms with Gasteiger partial charge in [-0.25, -0.2) is 9.78 Å². The lowest BCUT2D eigenvalue weighted by Gasteiger charge is -2.12. The largest absolute Gasteiger partial charge is 0.497 e. The van der Waals surface area contributed by atoms with Crippen LogP contribution in [0.25, 0.3) is 0 Å². The van der Waals surface area contributed by atoms with E-state index in [9.17, 15) is 14.9 Å². The summed E-state index contributed by atoms with van der Waals surface area (Å²) in [6, 6.07) is 13.4. The maximum absolute atomic E-state index is 11.6. The number of nitro groups is 1. The number of carbonyl (C=O) groups excluding carboxylic acids is 1. The molecule has 1 aromatic heterocycles. The second kappa shape index (κ2) is 8.86. The van der Waals surface area contributed by atoms with Gasteiger partial charge in [-0.05, 0) is 43.3 Å². The van der Waals surface area contributed by atoms with Gasteiger partial charge in [0.15, 0.2) is 0 Å². The van der Waals surface area contributed by atoms with Crippen LogP contribution in [0.15, 0.2) is 48.5 Å². The predicted molar refractivity (Wildman–Crippen MR) is 111 cm³/mol. The average Bonchev–Trinajstić information content (AvgIpc) is 2.73. The van der Waals surface area contributed by atoms with E-state index in [2.05, 4.69) is 25.3 Å². The van der Waals surface area contributed by atoms with Crippen molar-refractivity contribution in [2.75, 3.05) is 24.9 Å². The zero-order chi connectivity index (χ0) is 21.7. The van der Waals surface area contributed by atoms with E-state index in [1.54, 1.807) is 48.5 Å². The van der Waals surface area contributed by atoms with Crippen molar-refractivity contribution in [1.82, 2.24) is 9.97 Å². The molecule has 0 saturated heterocycles. The summed E-state index contributed by atoms with van der Waals surface area (Å²) in [7, 11) is 2.84. The van der Waals surface area contributed by atoms with E-state index in [1.807, 2.05) is 0 Å². The molecule has 0 bridgehead atoms. The smallest absolute Gasteiger partial charge is 0.337 e.